The molecule has 2 aromatic carbocycles. The number of aliphatic carboxylic acids is 1. The number of nitrogens with one attached hydrogen (secondary N) is 2. The van der Waals surface area contributed by atoms with E-state index >= 15 is 0 Å². The van der Waals surface area contributed by atoms with Gasteiger partial charge in [0.2, 0.25) is 0 Å². The molecule has 2 aromatic rings. The predicted octanol–water partition coefficient (Wildman–Crippen LogP) is 6.16. The first kappa shape index (κ1) is 26.2. The van der Waals surface area contributed by atoms with Crippen molar-refractivity contribution in [1.29, 1.82) is 0 Å². The molecular formula is C26H33F2N3O4. The van der Waals surface area contributed by atoms with Gasteiger partial charge in [0.15, 0.2) is 0 Å². The van der Waals surface area contributed by atoms with E-state index < -0.39 is 23.5 Å². The summed E-state index contributed by atoms with van der Waals surface area (Å²) in [6.07, 6.45) is 2.02. The monoisotopic (exact) mass is 489 g/mol. The summed E-state index contributed by atoms with van der Waals surface area (Å²) in [7, 11) is 1.42. The third-order valence-corrected chi connectivity index (χ3v) is 6.43. The molecule has 1 heterocycles. The fourth-order valence-corrected chi connectivity index (χ4v) is 4.64. The Morgan fingerprint density at radius 2 is 1.91 bits per heavy atom. The van der Waals surface area contributed by atoms with E-state index in [0.29, 0.717) is 36.5 Å². The molecule has 1 unspecified atom stereocenters. The van der Waals surface area contributed by atoms with Crippen molar-refractivity contribution >= 4 is 29.1 Å². The third-order valence-electron chi connectivity index (χ3n) is 6.43. The molecule has 0 aromatic heterocycles. The number of carboxylic acid groups (broad SMARTS) is 1. The van der Waals surface area contributed by atoms with Crippen LogP contribution < -0.4 is 20.3 Å². The van der Waals surface area contributed by atoms with Crippen molar-refractivity contribution < 1.29 is 28.2 Å². The van der Waals surface area contributed by atoms with Gasteiger partial charge in [-0.25, -0.2) is 13.6 Å². The lowest BCUT2D eigenvalue weighted by Crippen LogP contribution is -2.43. The van der Waals surface area contributed by atoms with Crippen molar-refractivity contribution in [3.05, 3.63) is 47.8 Å². The second-order valence-corrected chi connectivity index (χ2v) is 9.32. The fraction of sp³-hybridized carbons (Fsp3) is 0.462. The molecule has 3 N–H and O–H groups in total. The van der Waals surface area contributed by atoms with E-state index in [4.69, 9.17) is 4.74 Å². The molecule has 2 amide bonds. The Bertz CT molecular complexity index is 1070. The van der Waals surface area contributed by atoms with Crippen molar-refractivity contribution in [2.24, 2.45) is 0 Å². The molecule has 2 atom stereocenters. The van der Waals surface area contributed by atoms with Crippen molar-refractivity contribution in [2.75, 3.05) is 29.2 Å². The third kappa shape index (κ3) is 6.41. The number of ether oxygens (including phenoxy) is 1. The van der Waals surface area contributed by atoms with Crippen LogP contribution in [0.15, 0.2) is 36.4 Å². The summed E-state index contributed by atoms with van der Waals surface area (Å²) in [5.41, 5.74) is 0.310. The number of urea groups is 1. The molecule has 1 saturated heterocycles. The smallest absolute Gasteiger partial charge is 0.323 e. The van der Waals surface area contributed by atoms with Crippen molar-refractivity contribution in [1.82, 2.24) is 0 Å². The zero-order chi connectivity index (χ0) is 25.8. The summed E-state index contributed by atoms with van der Waals surface area (Å²) in [5, 5.41) is 14.6. The minimum atomic E-state index is -1.46. The first-order valence-corrected chi connectivity index (χ1v) is 11.8. The van der Waals surface area contributed by atoms with Gasteiger partial charge in [-0.15, -0.1) is 0 Å². The molecule has 9 heteroatoms. The lowest BCUT2D eigenvalue weighted by molar-refractivity contribution is -0.137. The number of methoxy groups -OCH3 is 1. The van der Waals surface area contributed by atoms with Crippen LogP contribution in [0.2, 0.25) is 0 Å². The maximum atomic E-state index is 15.0. The SMILES string of the molecule is CCC(CC(=O)O)c1ccc(N2CCC[C@H]2C(C)(C)F)c(NC(=O)Nc2ccc(OC)cc2F)c1. The average Bonchev–Trinajstić information content (AvgIpc) is 3.29. The maximum absolute atomic E-state index is 15.0. The second-order valence-electron chi connectivity index (χ2n) is 9.32. The fourth-order valence-electron chi connectivity index (χ4n) is 4.64. The number of hydrogen-bond acceptors (Lipinski definition) is 4. The van der Waals surface area contributed by atoms with Gasteiger partial charge in [0.05, 0.1) is 36.6 Å². The maximum Gasteiger partial charge on any atom is 0.323 e. The molecule has 1 fully saturated rings. The first-order valence-electron chi connectivity index (χ1n) is 11.8. The number of carbonyl (C=O) groups excluding carboxylic acids is 1. The number of benzene rings is 2. The van der Waals surface area contributed by atoms with Crippen LogP contribution in [0.3, 0.4) is 0 Å². The van der Waals surface area contributed by atoms with Gasteiger partial charge in [-0.2, -0.15) is 0 Å². The van der Waals surface area contributed by atoms with Crippen LogP contribution in [0.25, 0.3) is 0 Å². The van der Waals surface area contributed by atoms with Crippen molar-refractivity contribution in [3.8, 4) is 5.75 Å². The lowest BCUT2D eigenvalue weighted by atomic mass is 9.92. The number of halogens is 2. The Morgan fingerprint density at radius 1 is 1.20 bits per heavy atom. The predicted molar refractivity (Wildman–Crippen MR) is 133 cm³/mol. The highest BCUT2D eigenvalue weighted by Crippen LogP contribution is 2.39. The molecule has 0 saturated carbocycles. The summed E-state index contributed by atoms with van der Waals surface area (Å²) >= 11 is 0. The Labute approximate surface area is 204 Å². The van der Waals surface area contributed by atoms with Gasteiger partial charge in [-0.3, -0.25) is 4.79 Å². The number of nitrogens with zero attached hydrogens (tertiary/aromatic N) is 1. The second kappa shape index (κ2) is 10.9. The van der Waals surface area contributed by atoms with E-state index in [1.807, 2.05) is 17.9 Å². The number of rotatable bonds is 9. The molecular weight excluding hydrogens is 456 g/mol. The van der Waals surface area contributed by atoms with Crippen LogP contribution >= 0.6 is 0 Å². The molecule has 190 valence electrons. The first-order chi connectivity index (χ1) is 16.5. The molecule has 0 radical (unpaired) electrons. The van der Waals surface area contributed by atoms with Gasteiger partial charge >= 0.3 is 12.0 Å². The van der Waals surface area contributed by atoms with Crippen LogP contribution in [0.5, 0.6) is 5.75 Å². The highest BCUT2D eigenvalue weighted by atomic mass is 19.1. The number of carboxylic acids is 1. The van der Waals surface area contributed by atoms with E-state index in [2.05, 4.69) is 10.6 Å². The van der Waals surface area contributed by atoms with Crippen molar-refractivity contribution in [2.45, 2.75) is 64.1 Å². The van der Waals surface area contributed by atoms with Gasteiger partial charge in [0.1, 0.15) is 17.2 Å². The number of carbonyl (C=O) groups is 2. The van der Waals surface area contributed by atoms with E-state index in [0.717, 1.165) is 18.1 Å². The molecule has 1 aliphatic heterocycles. The minimum Gasteiger partial charge on any atom is -0.497 e. The molecule has 0 spiro atoms. The normalized spacial score (nSPS) is 16.6. The Morgan fingerprint density at radius 3 is 2.51 bits per heavy atom. The summed E-state index contributed by atoms with van der Waals surface area (Å²) < 4.78 is 34.3. The van der Waals surface area contributed by atoms with Crippen molar-refractivity contribution in [3.63, 3.8) is 0 Å². The van der Waals surface area contributed by atoms with Gasteiger partial charge < -0.3 is 25.4 Å². The standard InChI is InChI=1S/C26H33F2N3O4/c1-5-16(14-24(32)33)17-8-11-22(31-12-6-7-23(31)26(2,3)28)21(13-17)30-25(34)29-20-10-9-18(35-4)15-19(20)27/h8-11,13,15-16,23H,5-7,12,14H2,1-4H3,(H,32,33)(H2,29,30,34)/t16?,23-/m0/s1. The molecule has 3 rings (SSSR count). The quantitative estimate of drug-likeness (QED) is 0.392. The van der Waals surface area contributed by atoms with E-state index in [1.54, 1.807) is 12.1 Å². The van der Waals surface area contributed by atoms with Crippen LogP contribution in [0.1, 0.15) is 57.9 Å². The summed E-state index contributed by atoms with van der Waals surface area (Å²) in [6.45, 7) is 5.59. The number of anilines is 3. The van der Waals surface area contributed by atoms with Gasteiger partial charge in [-0.05, 0) is 68.9 Å². The lowest BCUT2D eigenvalue weighted by Gasteiger charge is -2.35. The molecule has 0 bridgehead atoms. The Balaban J connectivity index is 1.94. The van der Waals surface area contributed by atoms with Crippen LogP contribution in [0, 0.1) is 5.82 Å². The Kier molecular flexibility index (Phi) is 8.19. The number of alkyl halides is 1. The number of hydrogen-bond donors (Lipinski definition) is 3. The summed E-state index contributed by atoms with van der Waals surface area (Å²) in [6, 6.07) is 8.40. The van der Waals surface area contributed by atoms with Crippen LogP contribution in [-0.4, -0.2) is 42.5 Å². The largest absolute Gasteiger partial charge is 0.497 e. The molecule has 1 aliphatic rings. The molecule has 0 aliphatic carbocycles. The minimum absolute atomic E-state index is 0.0257. The van der Waals surface area contributed by atoms with E-state index in [1.165, 1.54) is 33.1 Å². The zero-order valence-corrected chi connectivity index (χ0v) is 20.5. The summed E-state index contributed by atoms with van der Waals surface area (Å²) in [5.74, 6) is -1.50. The highest BCUT2D eigenvalue weighted by molar-refractivity contribution is 6.02. The molecule has 35 heavy (non-hydrogen) atoms. The topological polar surface area (TPSA) is 90.9 Å². The highest BCUT2D eigenvalue weighted by Gasteiger charge is 2.38. The van der Waals surface area contributed by atoms with E-state index in [9.17, 15) is 23.5 Å². The van der Waals surface area contributed by atoms with Crippen LogP contribution in [-0.2, 0) is 4.79 Å². The van der Waals surface area contributed by atoms with Gasteiger partial charge in [0.25, 0.3) is 0 Å². The molecule has 7 nitrogen and oxygen atoms in total. The van der Waals surface area contributed by atoms with Gasteiger partial charge in [0, 0.05) is 12.6 Å². The van der Waals surface area contributed by atoms with E-state index in [-0.39, 0.29) is 24.1 Å². The average molecular weight is 490 g/mol. The van der Waals surface area contributed by atoms with Crippen LogP contribution in [0.4, 0.5) is 30.6 Å². The zero-order valence-electron chi connectivity index (χ0n) is 20.5. The van der Waals surface area contributed by atoms with Gasteiger partial charge in [-0.1, -0.05) is 13.0 Å². The summed E-state index contributed by atoms with van der Waals surface area (Å²) in [4.78, 5) is 26.1. The number of amides is 2. The Hall–Kier alpha value is -3.36.